The van der Waals surface area contributed by atoms with Gasteiger partial charge in [-0.05, 0) is 35.4 Å². The molecule has 1 aromatic carbocycles. The smallest absolute Gasteiger partial charge is 0.253 e. The number of aromatic nitrogens is 1. The van der Waals surface area contributed by atoms with E-state index >= 15 is 0 Å². The summed E-state index contributed by atoms with van der Waals surface area (Å²) in [6.07, 6.45) is 6.74. The number of nitrogens with one attached hydrogen (secondary N) is 1. The van der Waals surface area contributed by atoms with Gasteiger partial charge in [-0.1, -0.05) is 43.5 Å². The second-order valence-electron chi connectivity index (χ2n) is 5.27. The monoisotopic (exact) mass is 335 g/mol. The molecule has 0 spiro atoms. The minimum atomic E-state index is -0.196. The Kier molecular flexibility index (Phi) is 6.54. The van der Waals surface area contributed by atoms with Crippen LogP contribution in [0.1, 0.15) is 15.9 Å². The number of benzene rings is 1. The third kappa shape index (κ3) is 5.66. The van der Waals surface area contributed by atoms with Gasteiger partial charge < -0.3 is 15.8 Å². The van der Waals surface area contributed by atoms with E-state index in [1.54, 1.807) is 24.3 Å². The lowest BCUT2D eigenvalue weighted by Gasteiger charge is -2.09. The Labute approximate surface area is 147 Å². The van der Waals surface area contributed by atoms with Crippen molar-refractivity contribution in [1.82, 2.24) is 10.3 Å². The summed E-state index contributed by atoms with van der Waals surface area (Å²) in [6, 6.07) is 10.8. The van der Waals surface area contributed by atoms with Gasteiger partial charge in [0.05, 0.1) is 5.56 Å². The number of amides is 1. The molecule has 0 atom stereocenters. The number of nitrogens with two attached hydrogens (primary N) is 1. The van der Waals surface area contributed by atoms with E-state index in [1.807, 2.05) is 30.3 Å². The van der Waals surface area contributed by atoms with Crippen LogP contribution in [0.5, 0.6) is 5.75 Å². The third-order valence-electron chi connectivity index (χ3n) is 3.42. The molecule has 0 bridgehead atoms. The van der Waals surface area contributed by atoms with Crippen molar-refractivity contribution in [3.63, 3.8) is 0 Å². The topological polar surface area (TPSA) is 77.2 Å². The van der Waals surface area contributed by atoms with Gasteiger partial charge in [0.15, 0.2) is 0 Å². The van der Waals surface area contributed by atoms with Crippen molar-refractivity contribution in [2.75, 3.05) is 12.3 Å². The maximum Gasteiger partial charge on any atom is 0.253 e. The minimum Gasteiger partial charge on any atom is -0.489 e. The minimum absolute atomic E-state index is 0.196. The highest BCUT2D eigenvalue weighted by Gasteiger charge is 2.05. The van der Waals surface area contributed by atoms with Gasteiger partial charge >= 0.3 is 0 Å². The van der Waals surface area contributed by atoms with Gasteiger partial charge in [-0.25, -0.2) is 4.98 Å². The Morgan fingerprint density at radius 2 is 1.96 bits per heavy atom. The quantitative estimate of drug-likeness (QED) is 0.726. The molecule has 0 aliphatic carbocycles. The first-order chi connectivity index (χ1) is 12.1. The number of allylic oxidation sites excluding steroid dienone is 2. The van der Waals surface area contributed by atoms with Crippen LogP contribution in [-0.2, 0) is 6.54 Å². The van der Waals surface area contributed by atoms with Crippen LogP contribution in [0.15, 0.2) is 79.6 Å². The Balaban J connectivity index is 1.86. The van der Waals surface area contributed by atoms with Crippen LogP contribution in [0, 0.1) is 0 Å². The number of rotatable bonds is 8. The molecule has 0 radical (unpaired) electrons. The lowest BCUT2D eigenvalue weighted by atomic mass is 10.2. The predicted molar refractivity (Wildman–Crippen MR) is 100 cm³/mol. The normalized spacial score (nSPS) is 10.8. The van der Waals surface area contributed by atoms with Crippen LogP contribution >= 0.6 is 0 Å². The van der Waals surface area contributed by atoms with Crippen LogP contribution in [-0.4, -0.2) is 17.5 Å². The van der Waals surface area contributed by atoms with E-state index in [2.05, 4.69) is 23.5 Å². The van der Waals surface area contributed by atoms with E-state index in [0.717, 1.165) is 16.9 Å². The van der Waals surface area contributed by atoms with Gasteiger partial charge in [0, 0.05) is 12.7 Å². The number of anilines is 1. The molecule has 2 rings (SSSR count). The van der Waals surface area contributed by atoms with Crippen molar-refractivity contribution in [1.29, 1.82) is 0 Å². The number of hydrogen-bond donors (Lipinski definition) is 2. The molecule has 1 aromatic heterocycles. The molecular formula is C20H21N3O2. The summed E-state index contributed by atoms with van der Waals surface area (Å²) in [5, 5.41) is 2.84. The SMILES string of the molecule is C=C/C=C(\C=C)COc1ccc(CNC(=O)c2ccc(N)nc2)cc1. The van der Waals surface area contributed by atoms with Crippen molar-refractivity contribution >= 4 is 11.7 Å². The zero-order valence-electron chi connectivity index (χ0n) is 13.9. The van der Waals surface area contributed by atoms with Crippen molar-refractivity contribution in [3.8, 4) is 5.75 Å². The molecule has 3 N–H and O–H groups in total. The van der Waals surface area contributed by atoms with Gasteiger partial charge in [-0.3, -0.25) is 4.79 Å². The fraction of sp³-hybridized carbons (Fsp3) is 0.100. The molecule has 0 aliphatic heterocycles. The molecule has 128 valence electrons. The Morgan fingerprint density at radius 1 is 1.20 bits per heavy atom. The van der Waals surface area contributed by atoms with Gasteiger partial charge in [-0.2, -0.15) is 0 Å². The number of hydrogen-bond acceptors (Lipinski definition) is 4. The lowest BCUT2D eigenvalue weighted by molar-refractivity contribution is 0.0950. The number of carbonyl (C=O) groups is 1. The summed E-state index contributed by atoms with van der Waals surface area (Å²) in [5.41, 5.74) is 7.89. The first kappa shape index (κ1) is 18.0. The second kappa shape index (κ2) is 9.08. The summed E-state index contributed by atoms with van der Waals surface area (Å²) in [4.78, 5) is 15.9. The number of nitrogen functional groups attached to an aromatic ring is 1. The van der Waals surface area contributed by atoms with Gasteiger partial charge in [0.25, 0.3) is 5.91 Å². The average molecular weight is 335 g/mol. The Hall–Kier alpha value is -3.34. The van der Waals surface area contributed by atoms with Crippen LogP contribution in [0.2, 0.25) is 0 Å². The summed E-state index contributed by atoms with van der Waals surface area (Å²) >= 11 is 0. The first-order valence-electron chi connectivity index (χ1n) is 7.78. The first-order valence-corrected chi connectivity index (χ1v) is 7.78. The summed E-state index contributed by atoms with van der Waals surface area (Å²) < 4.78 is 5.68. The molecular weight excluding hydrogens is 314 g/mol. The highest BCUT2D eigenvalue weighted by atomic mass is 16.5. The van der Waals surface area contributed by atoms with Crippen molar-refractivity contribution in [3.05, 3.63) is 90.7 Å². The highest BCUT2D eigenvalue weighted by Crippen LogP contribution is 2.13. The number of pyridine rings is 1. The van der Waals surface area contributed by atoms with Crippen LogP contribution in [0.4, 0.5) is 5.82 Å². The molecule has 0 unspecified atom stereocenters. The molecule has 25 heavy (non-hydrogen) atoms. The molecule has 0 aliphatic rings. The van der Waals surface area contributed by atoms with Crippen LogP contribution in [0.25, 0.3) is 0 Å². The van der Waals surface area contributed by atoms with Crippen molar-refractivity contribution in [2.24, 2.45) is 0 Å². The van der Waals surface area contributed by atoms with E-state index in [-0.39, 0.29) is 5.91 Å². The number of nitrogens with zero attached hydrogens (tertiary/aromatic N) is 1. The molecule has 2 aromatic rings. The molecule has 0 saturated heterocycles. The highest BCUT2D eigenvalue weighted by molar-refractivity contribution is 5.93. The van der Waals surface area contributed by atoms with Crippen molar-refractivity contribution < 1.29 is 9.53 Å². The summed E-state index contributed by atoms with van der Waals surface area (Å²) in [7, 11) is 0. The third-order valence-corrected chi connectivity index (χ3v) is 3.42. The summed E-state index contributed by atoms with van der Waals surface area (Å²) in [6.45, 7) is 8.22. The Bertz CT molecular complexity index is 763. The van der Waals surface area contributed by atoms with E-state index in [0.29, 0.717) is 24.5 Å². The zero-order chi connectivity index (χ0) is 18.1. The second-order valence-corrected chi connectivity index (χ2v) is 5.27. The standard InChI is InChI=1S/C20H21N3O2/c1-3-5-15(4-2)14-25-18-9-6-16(7-10-18)12-23-20(24)17-8-11-19(21)22-13-17/h3-11,13H,1-2,12,14H2,(H2,21,22)(H,23,24)/b15-5+. The van der Waals surface area contributed by atoms with Crippen LogP contribution in [0.3, 0.4) is 0 Å². The maximum atomic E-state index is 12.0. The predicted octanol–water partition coefficient (Wildman–Crippen LogP) is 3.27. The summed E-state index contributed by atoms with van der Waals surface area (Å²) in [5.74, 6) is 0.933. The fourth-order valence-electron chi connectivity index (χ4n) is 2.02. The number of carbonyl (C=O) groups excluding carboxylic acids is 1. The maximum absolute atomic E-state index is 12.0. The van der Waals surface area contributed by atoms with Gasteiger partial charge in [-0.15, -0.1) is 0 Å². The average Bonchev–Trinajstić information content (AvgIpc) is 2.64. The number of ether oxygens (including phenoxy) is 1. The largest absolute Gasteiger partial charge is 0.489 e. The molecule has 0 fully saturated rings. The Morgan fingerprint density at radius 3 is 2.56 bits per heavy atom. The van der Waals surface area contributed by atoms with Crippen LogP contribution < -0.4 is 15.8 Å². The van der Waals surface area contributed by atoms with E-state index in [9.17, 15) is 4.79 Å². The zero-order valence-corrected chi connectivity index (χ0v) is 13.9. The molecule has 1 amide bonds. The lowest BCUT2D eigenvalue weighted by Crippen LogP contribution is -2.22. The van der Waals surface area contributed by atoms with E-state index < -0.39 is 0 Å². The molecule has 1 heterocycles. The fourth-order valence-corrected chi connectivity index (χ4v) is 2.02. The van der Waals surface area contributed by atoms with Gasteiger partial charge in [0.2, 0.25) is 0 Å². The van der Waals surface area contributed by atoms with E-state index in [1.165, 1.54) is 6.20 Å². The van der Waals surface area contributed by atoms with Gasteiger partial charge in [0.1, 0.15) is 18.2 Å². The molecule has 5 heteroatoms. The van der Waals surface area contributed by atoms with E-state index in [4.69, 9.17) is 10.5 Å². The molecule has 0 saturated carbocycles. The molecule has 5 nitrogen and oxygen atoms in total. The van der Waals surface area contributed by atoms with Crippen molar-refractivity contribution in [2.45, 2.75) is 6.54 Å².